The Morgan fingerprint density at radius 1 is 1.43 bits per heavy atom. The van der Waals surface area contributed by atoms with Crippen molar-refractivity contribution >= 4 is 11.8 Å². The molecule has 0 aliphatic rings. The number of rotatable bonds is 4. The van der Waals surface area contributed by atoms with Gasteiger partial charge in [0.1, 0.15) is 0 Å². The first-order valence-electron chi connectivity index (χ1n) is 4.79. The first kappa shape index (κ1) is 16.2. The average molecular weight is 216 g/mol. The lowest BCUT2D eigenvalue weighted by Crippen LogP contribution is -2.19. The minimum atomic E-state index is -0.702. The monoisotopic (exact) mass is 216 g/mol. The fraction of sp³-hybridized carbons (Fsp3) is 0.667. The van der Waals surface area contributed by atoms with Gasteiger partial charge in [-0.1, -0.05) is 17.7 Å². The zero-order valence-electron chi connectivity index (χ0n) is 10.1. The maximum Gasteiger partial charge on any atom is 0.0800 e. The molecule has 0 saturated heterocycles. The first-order chi connectivity index (χ1) is 6.39. The third kappa shape index (κ3) is 14.3. The Kier molecular flexibility index (Phi) is 10.8. The molecule has 0 aliphatic carbocycles. The van der Waals surface area contributed by atoms with Gasteiger partial charge in [0, 0.05) is 0 Å². The molecule has 0 rings (SSSR count). The highest BCUT2D eigenvalue weighted by atomic mass is 32.2. The molecule has 1 atom stereocenters. The lowest BCUT2D eigenvalue weighted by atomic mass is 10.00. The molecule has 0 saturated carbocycles. The van der Waals surface area contributed by atoms with Gasteiger partial charge in [-0.3, -0.25) is 0 Å². The summed E-state index contributed by atoms with van der Waals surface area (Å²) in [6.07, 6.45) is 9.47. The van der Waals surface area contributed by atoms with Crippen molar-refractivity contribution in [1.29, 1.82) is 0 Å². The molecule has 1 nitrogen and oxygen atoms in total. The fourth-order valence-electron chi connectivity index (χ4n) is 0.755. The van der Waals surface area contributed by atoms with Crippen LogP contribution in [-0.2, 0) is 0 Å². The molecule has 0 radical (unpaired) electrons. The van der Waals surface area contributed by atoms with E-state index in [4.69, 9.17) is 0 Å². The van der Waals surface area contributed by atoms with Crippen molar-refractivity contribution in [3.05, 3.63) is 24.3 Å². The third-order valence-corrected chi connectivity index (χ3v) is 1.64. The van der Waals surface area contributed by atoms with E-state index in [1.165, 1.54) is 5.57 Å². The molecule has 0 bridgehead atoms. The van der Waals surface area contributed by atoms with Crippen LogP contribution in [0.15, 0.2) is 24.3 Å². The van der Waals surface area contributed by atoms with Crippen LogP contribution in [0.4, 0.5) is 0 Å². The fourth-order valence-corrected chi connectivity index (χ4v) is 0.755. The molecule has 0 heterocycles. The second-order valence-electron chi connectivity index (χ2n) is 3.79. The van der Waals surface area contributed by atoms with Crippen LogP contribution in [0.2, 0.25) is 0 Å². The largest absolute Gasteiger partial charge is 0.386 e. The van der Waals surface area contributed by atoms with E-state index < -0.39 is 5.60 Å². The van der Waals surface area contributed by atoms with E-state index in [0.29, 0.717) is 0 Å². The van der Waals surface area contributed by atoms with Crippen molar-refractivity contribution in [2.75, 3.05) is 12.5 Å². The molecule has 2 heteroatoms. The van der Waals surface area contributed by atoms with Gasteiger partial charge in [-0.05, 0) is 46.1 Å². The van der Waals surface area contributed by atoms with Gasteiger partial charge in [0.25, 0.3) is 0 Å². The van der Waals surface area contributed by atoms with E-state index in [0.717, 1.165) is 12.8 Å². The summed E-state index contributed by atoms with van der Waals surface area (Å²) in [5, 5.41) is 9.49. The number of aliphatic hydroxyl groups is 1. The normalized spacial score (nSPS) is 13.3. The van der Waals surface area contributed by atoms with Gasteiger partial charge in [-0.15, -0.1) is 6.58 Å². The van der Waals surface area contributed by atoms with Crippen LogP contribution >= 0.6 is 11.8 Å². The molecule has 14 heavy (non-hydrogen) atoms. The molecule has 0 amide bonds. The van der Waals surface area contributed by atoms with Gasteiger partial charge in [0.15, 0.2) is 0 Å². The van der Waals surface area contributed by atoms with Crippen molar-refractivity contribution < 1.29 is 5.11 Å². The van der Waals surface area contributed by atoms with Crippen molar-refractivity contribution in [2.45, 2.75) is 39.2 Å². The van der Waals surface area contributed by atoms with Crippen LogP contribution in [0.3, 0.4) is 0 Å². The standard InChI is InChI=1S/C10H18O.C2H6S/c1-5-10(4,11)8-6-7-9(2)3;1-3-2/h5,7,11H,1,6,8H2,2-4H3;1-2H3. The molecule has 0 aliphatic heterocycles. The van der Waals surface area contributed by atoms with Gasteiger partial charge in [0.2, 0.25) is 0 Å². The van der Waals surface area contributed by atoms with Crippen LogP contribution < -0.4 is 0 Å². The molecular formula is C12H24OS. The Morgan fingerprint density at radius 2 is 1.86 bits per heavy atom. The predicted molar refractivity (Wildman–Crippen MR) is 68.9 cm³/mol. The molecule has 1 N–H and O–H groups in total. The smallest absolute Gasteiger partial charge is 0.0800 e. The van der Waals surface area contributed by atoms with Crippen LogP contribution in [0.25, 0.3) is 0 Å². The molecular weight excluding hydrogens is 192 g/mol. The Bertz CT molecular complexity index is 167. The number of hydrogen-bond donors (Lipinski definition) is 1. The summed E-state index contributed by atoms with van der Waals surface area (Å²) in [5.74, 6) is 0. The van der Waals surface area contributed by atoms with Crippen LogP contribution in [0.1, 0.15) is 33.6 Å². The molecule has 84 valence electrons. The summed E-state index contributed by atoms with van der Waals surface area (Å²) in [7, 11) is 0. The highest BCUT2D eigenvalue weighted by Crippen LogP contribution is 2.13. The molecule has 0 fully saturated rings. The predicted octanol–water partition coefficient (Wildman–Crippen LogP) is 3.65. The summed E-state index contributed by atoms with van der Waals surface area (Å²) in [6.45, 7) is 9.45. The molecule has 0 aromatic carbocycles. The Hall–Kier alpha value is -0.210. The van der Waals surface area contributed by atoms with E-state index in [1.807, 2.05) is 12.5 Å². The highest BCUT2D eigenvalue weighted by molar-refractivity contribution is 7.97. The lowest BCUT2D eigenvalue weighted by Gasteiger charge is -2.16. The maximum absolute atomic E-state index is 9.49. The molecule has 0 spiro atoms. The second-order valence-corrected chi connectivity index (χ2v) is 4.61. The van der Waals surface area contributed by atoms with Crippen LogP contribution in [0, 0.1) is 0 Å². The Labute approximate surface area is 93.3 Å². The zero-order chi connectivity index (χ0) is 11.6. The van der Waals surface area contributed by atoms with Crippen molar-refractivity contribution in [1.82, 2.24) is 0 Å². The number of hydrogen-bond acceptors (Lipinski definition) is 2. The summed E-state index contributed by atoms with van der Waals surface area (Å²) in [6, 6.07) is 0. The van der Waals surface area contributed by atoms with Crippen LogP contribution in [0.5, 0.6) is 0 Å². The maximum atomic E-state index is 9.49. The number of allylic oxidation sites excluding steroid dienone is 2. The van der Waals surface area contributed by atoms with E-state index in [-0.39, 0.29) is 0 Å². The Morgan fingerprint density at radius 3 is 2.14 bits per heavy atom. The zero-order valence-corrected chi connectivity index (χ0v) is 10.9. The molecule has 1 unspecified atom stereocenters. The van der Waals surface area contributed by atoms with E-state index in [2.05, 4.69) is 26.5 Å². The van der Waals surface area contributed by atoms with Gasteiger partial charge < -0.3 is 5.11 Å². The van der Waals surface area contributed by atoms with Crippen LogP contribution in [-0.4, -0.2) is 23.2 Å². The minimum Gasteiger partial charge on any atom is -0.386 e. The van der Waals surface area contributed by atoms with E-state index >= 15 is 0 Å². The van der Waals surface area contributed by atoms with Gasteiger partial charge >= 0.3 is 0 Å². The lowest BCUT2D eigenvalue weighted by molar-refractivity contribution is 0.103. The summed E-state index contributed by atoms with van der Waals surface area (Å²) >= 11 is 1.75. The summed E-state index contributed by atoms with van der Waals surface area (Å²) in [4.78, 5) is 0. The molecule has 0 aromatic rings. The minimum absolute atomic E-state index is 0.702. The third-order valence-electron chi connectivity index (χ3n) is 1.64. The first-order valence-corrected chi connectivity index (χ1v) is 6.42. The van der Waals surface area contributed by atoms with E-state index in [1.54, 1.807) is 24.8 Å². The van der Waals surface area contributed by atoms with Gasteiger partial charge in [0.05, 0.1) is 5.60 Å². The number of thioether (sulfide) groups is 1. The second kappa shape index (κ2) is 9.35. The van der Waals surface area contributed by atoms with Crippen molar-refractivity contribution in [2.24, 2.45) is 0 Å². The van der Waals surface area contributed by atoms with Gasteiger partial charge in [-0.2, -0.15) is 11.8 Å². The SMILES string of the molecule is C=CC(C)(O)CCC=C(C)C.CSC. The van der Waals surface area contributed by atoms with E-state index in [9.17, 15) is 5.11 Å². The average Bonchev–Trinajstić information content (AvgIpc) is 2.05. The summed E-state index contributed by atoms with van der Waals surface area (Å²) < 4.78 is 0. The summed E-state index contributed by atoms with van der Waals surface area (Å²) in [5.41, 5.74) is 0.594. The topological polar surface area (TPSA) is 20.2 Å². The molecule has 0 aromatic heterocycles. The highest BCUT2D eigenvalue weighted by Gasteiger charge is 2.12. The van der Waals surface area contributed by atoms with Crippen molar-refractivity contribution in [3.8, 4) is 0 Å². The Balaban J connectivity index is 0. The quantitative estimate of drug-likeness (QED) is 0.724. The van der Waals surface area contributed by atoms with Gasteiger partial charge in [-0.25, -0.2) is 0 Å². The van der Waals surface area contributed by atoms with Crippen molar-refractivity contribution in [3.63, 3.8) is 0 Å².